The van der Waals surface area contributed by atoms with Gasteiger partial charge in [0.05, 0.1) is 0 Å². The molecular formula is C14H30BrN. The first kappa shape index (κ1) is 16.4. The highest BCUT2D eigenvalue weighted by Gasteiger charge is 2.14. The molecule has 0 aromatic heterocycles. The third-order valence-electron chi connectivity index (χ3n) is 2.68. The molecule has 1 atom stereocenters. The van der Waals surface area contributed by atoms with E-state index >= 15 is 0 Å². The molecule has 0 bridgehead atoms. The van der Waals surface area contributed by atoms with E-state index in [1.54, 1.807) is 0 Å². The molecule has 0 heterocycles. The summed E-state index contributed by atoms with van der Waals surface area (Å²) in [6, 6.07) is 0. The average Bonchev–Trinajstić information content (AvgIpc) is 2.14. The molecule has 0 saturated carbocycles. The van der Waals surface area contributed by atoms with Crippen LogP contribution in [-0.2, 0) is 0 Å². The van der Waals surface area contributed by atoms with Crippen LogP contribution in [0.1, 0.15) is 47.5 Å². The van der Waals surface area contributed by atoms with E-state index in [9.17, 15) is 0 Å². The summed E-state index contributed by atoms with van der Waals surface area (Å²) in [6.45, 7) is 15.3. The van der Waals surface area contributed by atoms with E-state index in [0.717, 1.165) is 23.1 Å². The van der Waals surface area contributed by atoms with Gasteiger partial charge in [0.2, 0.25) is 0 Å². The summed E-state index contributed by atoms with van der Waals surface area (Å²) < 4.78 is 0. The fraction of sp³-hybridized carbons (Fsp3) is 1.00. The lowest BCUT2D eigenvalue weighted by molar-refractivity contribution is 0.190. The number of alkyl halides is 1. The van der Waals surface area contributed by atoms with Gasteiger partial charge in [-0.1, -0.05) is 57.0 Å². The number of hydrogen-bond donors (Lipinski definition) is 0. The molecule has 0 aliphatic carbocycles. The lowest BCUT2D eigenvalue weighted by Gasteiger charge is -2.29. The Hall–Kier alpha value is 0.440. The fourth-order valence-corrected chi connectivity index (χ4v) is 2.78. The molecule has 98 valence electrons. The Bertz CT molecular complexity index is 147. The van der Waals surface area contributed by atoms with Crippen LogP contribution in [-0.4, -0.2) is 29.9 Å². The minimum absolute atomic E-state index is 0.774. The molecule has 0 N–H and O–H groups in total. The zero-order valence-electron chi connectivity index (χ0n) is 11.8. The molecule has 1 unspecified atom stereocenters. The first-order chi connectivity index (χ1) is 7.49. The molecule has 0 aliphatic rings. The SMILES string of the molecule is CCCC(CBr)CN(CC(C)C)CC(C)C. The number of hydrogen-bond acceptors (Lipinski definition) is 1. The highest BCUT2D eigenvalue weighted by Crippen LogP contribution is 2.14. The smallest absolute Gasteiger partial charge is 0.00718 e. The van der Waals surface area contributed by atoms with Crippen LogP contribution in [0.3, 0.4) is 0 Å². The molecule has 0 fully saturated rings. The maximum absolute atomic E-state index is 3.65. The van der Waals surface area contributed by atoms with Crippen LogP contribution >= 0.6 is 15.9 Å². The first-order valence-electron chi connectivity index (χ1n) is 6.77. The molecule has 0 aromatic rings. The Morgan fingerprint density at radius 2 is 1.44 bits per heavy atom. The van der Waals surface area contributed by atoms with Gasteiger partial charge in [0.15, 0.2) is 0 Å². The highest BCUT2D eigenvalue weighted by molar-refractivity contribution is 9.09. The van der Waals surface area contributed by atoms with Gasteiger partial charge in [-0.3, -0.25) is 0 Å². The van der Waals surface area contributed by atoms with E-state index in [4.69, 9.17) is 0 Å². The summed E-state index contributed by atoms with van der Waals surface area (Å²) in [6.07, 6.45) is 2.64. The zero-order chi connectivity index (χ0) is 12.6. The van der Waals surface area contributed by atoms with Crippen molar-refractivity contribution in [1.29, 1.82) is 0 Å². The van der Waals surface area contributed by atoms with Gasteiger partial charge in [0, 0.05) is 25.0 Å². The van der Waals surface area contributed by atoms with Crippen LogP contribution in [0.5, 0.6) is 0 Å². The van der Waals surface area contributed by atoms with Crippen LogP contribution in [0.4, 0.5) is 0 Å². The van der Waals surface area contributed by atoms with Crippen LogP contribution in [0, 0.1) is 17.8 Å². The summed E-state index contributed by atoms with van der Waals surface area (Å²) in [5.74, 6) is 2.37. The number of nitrogens with zero attached hydrogens (tertiary/aromatic N) is 1. The summed E-state index contributed by atoms with van der Waals surface area (Å²) in [5.41, 5.74) is 0. The summed E-state index contributed by atoms with van der Waals surface area (Å²) in [4.78, 5) is 2.65. The van der Waals surface area contributed by atoms with Gasteiger partial charge in [-0.15, -0.1) is 0 Å². The zero-order valence-corrected chi connectivity index (χ0v) is 13.4. The van der Waals surface area contributed by atoms with Crippen molar-refractivity contribution in [3.8, 4) is 0 Å². The largest absolute Gasteiger partial charge is 0.303 e. The quantitative estimate of drug-likeness (QED) is 0.569. The van der Waals surface area contributed by atoms with Crippen molar-refractivity contribution in [3.05, 3.63) is 0 Å². The Morgan fingerprint density at radius 3 is 1.75 bits per heavy atom. The Morgan fingerprint density at radius 1 is 0.938 bits per heavy atom. The van der Waals surface area contributed by atoms with E-state index in [1.807, 2.05) is 0 Å². The van der Waals surface area contributed by atoms with E-state index in [2.05, 4.69) is 55.4 Å². The van der Waals surface area contributed by atoms with Crippen molar-refractivity contribution >= 4 is 15.9 Å². The molecule has 0 radical (unpaired) electrons. The molecule has 0 aromatic carbocycles. The predicted molar refractivity (Wildman–Crippen MR) is 78.3 cm³/mol. The third-order valence-corrected chi connectivity index (χ3v) is 3.59. The average molecular weight is 292 g/mol. The third kappa shape index (κ3) is 8.58. The normalized spacial score (nSPS) is 14.1. The second-order valence-electron chi connectivity index (χ2n) is 5.82. The number of rotatable bonds is 9. The molecule has 0 amide bonds. The first-order valence-corrected chi connectivity index (χ1v) is 7.90. The van der Waals surface area contributed by atoms with Crippen molar-refractivity contribution in [1.82, 2.24) is 4.90 Å². The van der Waals surface area contributed by atoms with Crippen LogP contribution in [0.15, 0.2) is 0 Å². The molecule has 1 nitrogen and oxygen atoms in total. The van der Waals surface area contributed by atoms with E-state index in [1.165, 1.54) is 32.5 Å². The maximum atomic E-state index is 3.65. The molecule has 0 saturated heterocycles. The van der Waals surface area contributed by atoms with Gasteiger partial charge in [0.1, 0.15) is 0 Å². The molecule has 2 heteroatoms. The van der Waals surface area contributed by atoms with Crippen molar-refractivity contribution in [2.75, 3.05) is 25.0 Å². The summed E-state index contributed by atoms with van der Waals surface area (Å²) >= 11 is 3.65. The molecule has 0 spiro atoms. The predicted octanol–water partition coefficient (Wildman–Crippen LogP) is 4.41. The van der Waals surface area contributed by atoms with Crippen molar-refractivity contribution in [2.24, 2.45) is 17.8 Å². The lowest BCUT2D eigenvalue weighted by atomic mass is 10.0. The molecule has 0 rings (SSSR count). The standard InChI is InChI=1S/C14H30BrN/c1-6-7-14(8-15)11-16(9-12(2)3)10-13(4)5/h12-14H,6-11H2,1-5H3. The lowest BCUT2D eigenvalue weighted by Crippen LogP contribution is -2.36. The minimum Gasteiger partial charge on any atom is -0.303 e. The van der Waals surface area contributed by atoms with Gasteiger partial charge in [-0.05, 0) is 24.2 Å². The Balaban J connectivity index is 4.15. The van der Waals surface area contributed by atoms with Crippen LogP contribution in [0.2, 0.25) is 0 Å². The fourth-order valence-electron chi connectivity index (χ4n) is 2.25. The number of halogens is 1. The summed E-state index contributed by atoms with van der Waals surface area (Å²) in [7, 11) is 0. The van der Waals surface area contributed by atoms with E-state index in [0.29, 0.717) is 0 Å². The van der Waals surface area contributed by atoms with Crippen molar-refractivity contribution < 1.29 is 0 Å². The maximum Gasteiger partial charge on any atom is 0.00718 e. The second-order valence-corrected chi connectivity index (χ2v) is 6.46. The minimum atomic E-state index is 0.774. The van der Waals surface area contributed by atoms with Gasteiger partial charge in [0.25, 0.3) is 0 Å². The second kappa shape index (κ2) is 9.47. The van der Waals surface area contributed by atoms with Gasteiger partial charge >= 0.3 is 0 Å². The van der Waals surface area contributed by atoms with Gasteiger partial charge < -0.3 is 4.90 Å². The molecular weight excluding hydrogens is 262 g/mol. The van der Waals surface area contributed by atoms with Crippen molar-refractivity contribution in [3.63, 3.8) is 0 Å². The van der Waals surface area contributed by atoms with Gasteiger partial charge in [-0.2, -0.15) is 0 Å². The molecule has 0 aliphatic heterocycles. The Kier molecular flexibility index (Phi) is 9.73. The topological polar surface area (TPSA) is 3.24 Å². The Labute approximate surface area is 111 Å². The van der Waals surface area contributed by atoms with Gasteiger partial charge in [-0.25, -0.2) is 0 Å². The van der Waals surface area contributed by atoms with E-state index < -0.39 is 0 Å². The van der Waals surface area contributed by atoms with Crippen LogP contribution in [0.25, 0.3) is 0 Å². The monoisotopic (exact) mass is 291 g/mol. The highest BCUT2D eigenvalue weighted by atomic mass is 79.9. The van der Waals surface area contributed by atoms with Crippen molar-refractivity contribution in [2.45, 2.75) is 47.5 Å². The van der Waals surface area contributed by atoms with E-state index in [-0.39, 0.29) is 0 Å². The van der Waals surface area contributed by atoms with Crippen LogP contribution < -0.4 is 0 Å². The molecule has 16 heavy (non-hydrogen) atoms. The summed E-state index contributed by atoms with van der Waals surface area (Å²) in [5, 5.41) is 1.15.